The van der Waals surface area contributed by atoms with Crippen LogP contribution in [-0.2, 0) is 11.2 Å². The molecule has 0 saturated carbocycles. The second-order valence-electron chi connectivity index (χ2n) is 8.50. The summed E-state index contributed by atoms with van der Waals surface area (Å²) in [4.78, 5) is 15.4. The standard InChI is InChI=1S/C26H19F5N2O2S/c1-26(2,15-3-8-19(28)22(31)11-15)23-12-32-25(33(23)17-6-4-16(27)5-7-17)36-13-18-20(29)9-14(24(34)35)10-21(18)30/h3-12H,13H2,1-2H3,(H,34,35). The van der Waals surface area contributed by atoms with Gasteiger partial charge in [-0.15, -0.1) is 0 Å². The van der Waals surface area contributed by atoms with Crippen LogP contribution in [0.25, 0.3) is 5.69 Å². The number of aromatic nitrogens is 2. The van der Waals surface area contributed by atoms with E-state index in [1.807, 2.05) is 0 Å². The van der Waals surface area contributed by atoms with Gasteiger partial charge in [-0.1, -0.05) is 31.7 Å². The molecule has 0 bridgehead atoms. The van der Waals surface area contributed by atoms with Crippen molar-refractivity contribution in [1.82, 2.24) is 9.55 Å². The van der Waals surface area contributed by atoms with Crippen molar-refractivity contribution < 1.29 is 31.9 Å². The molecule has 0 atom stereocenters. The summed E-state index contributed by atoms with van der Waals surface area (Å²) >= 11 is 0.976. The zero-order chi connectivity index (χ0) is 26.2. The number of thioether (sulfide) groups is 1. The lowest BCUT2D eigenvalue weighted by atomic mass is 9.81. The molecular weight excluding hydrogens is 499 g/mol. The maximum absolute atomic E-state index is 14.5. The number of imidazole rings is 1. The average molecular weight is 519 g/mol. The number of hydrogen-bond acceptors (Lipinski definition) is 3. The third-order valence-corrected chi connectivity index (χ3v) is 6.81. The molecule has 0 aliphatic heterocycles. The van der Waals surface area contributed by atoms with Crippen LogP contribution in [-0.4, -0.2) is 20.6 Å². The molecule has 10 heteroatoms. The lowest BCUT2D eigenvalue weighted by Crippen LogP contribution is -2.23. The van der Waals surface area contributed by atoms with Gasteiger partial charge in [0.05, 0.1) is 17.5 Å². The SMILES string of the molecule is CC(C)(c1ccc(F)c(F)c1)c1cnc(SCc2c(F)cc(C(=O)O)cc2F)n1-c1ccc(F)cc1. The van der Waals surface area contributed by atoms with E-state index < -0.39 is 46.0 Å². The summed E-state index contributed by atoms with van der Waals surface area (Å²) in [6, 6.07) is 10.5. The van der Waals surface area contributed by atoms with Crippen LogP contribution >= 0.6 is 11.8 Å². The predicted molar refractivity (Wildman–Crippen MR) is 125 cm³/mol. The smallest absolute Gasteiger partial charge is 0.335 e. The first kappa shape index (κ1) is 25.4. The zero-order valence-electron chi connectivity index (χ0n) is 19.0. The van der Waals surface area contributed by atoms with Gasteiger partial charge in [0, 0.05) is 22.4 Å². The minimum atomic E-state index is -1.46. The highest BCUT2D eigenvalue weighted by molar-refractivity contribution is 7.98. The van der Waals surface area contributed by atoms with E-state index in [0.717, 1.165) is 36.0 Å². The first-order valence-electron chi connectivity index (χ1n) is 10.6. The lowest BCUT2D eigenvalue weighted by molar-refractivity contribution is 0.0695. The van der Waals surface area contributed by atoms with E-state index >= 15 is 0 Å². The van der Waals surface area contributed by atoms with Crippen LogP contribution in [0, 0.1) is 29.1 Å². The molecular formula is C26H19F5N2O2S. The third kappa shape index (κ3) is 4.86. The first-order valence-corrected chi connectivity index (χ1v) is 11.6. The van der Waals surface area contributed by atoms with Crippen LogP contribution in [0.3, 0.4) is 0 Å². The van der Waals surface area contributed by atoms with Gasteiger partial charge in [0.15, 0.2) is 16.8 Å². The number of aromatic carboxylic acids is 1. The zero-order valence-corrected chi connectivity index (χ0v) is 19.8. The van der Waals surface area contributed by atoms with Gasteiger partial charge in [-0.3, -0.25) is 4.57 Å². The summed E-state index contributed by atoms with van der Waals surface area (Å²) in [5.41, 5.74) is -0.284. The number of carbonyl (C=O) groups is 1. The number of halogens is 5. The van der Waals surface area contributed by atoms with Crippen LogP contribution in [0.2, 0.25) is 0 Å². The van der Waals surface area contributed by atoms with Gasteiger partial charge in [-0.2, -0.15) is 0 Å². The molecule has 0 unspecified atom stereocenters. The first-order chi connectivity index (χ1) is 17.0. The Morgan fingerprint density at radius 3 is 2.14 bits per heavy atom. The van der Waals surface area contributed by atoms with Crippen molar-refractivity contribution in [2.45, 2.75) is 30.2 Å². The number of rotatable bonds is 7. The van der Waals surface area contributed by atoms with Gasteiger partial charge in [-0.05, 0) is 54.1 Å². The largest absolute Gasteiger partial charge is 0.478 e. The minimum absolute atomic E-state index is 0.221. The molecule has 0 aliphatic carbocycles. The van der Waals surface area contributed by atoms with Gasteiger partial charge in [0.2, 0.25) is 0 Å². The summed E-state index contributed by atoms with van der Waals surface area (Å²) < 4.78 is 71.8. The molecule has 0 spiro atoms. The van der Waals surface area contributed by atoms with Crippen molar-refractivity contribution in [2.24, 2.45) is 0 Å². The molecule has 0 amide bonds. The van der Waals surface area contributed by atoms with Gasteiger partial charge in [0.1, 0.15) is 17.5 Å². The molecule has 186 valence electrons. The Labute approximate surface area is 207 Å². The summed E-state index contributed by atoms with van der Waals surface area (Å²) in [5, 5.41) is 9.30. The molecule has 4 rings (SSSR count). The molecule has 0 saturated heterocycles. The summed E-state index contributed by atoms with van der Waals surface area (Å²) in [6.45, 7) is 3.55. The fourth-order valence-corrected chi connectivity index (χ4v) is 4.76. The van der Waals surface area contributed by atoms with Crippen LogP contribution in [0.4, 0.5) is 22.0 Å². The number of carboxylic acid groups (broad SMARTS) is 1. The van der Waals surface area contributed by atoms with Gasteiger partial charge in [0.25, 0.3) is 0 Å². The molecule has 36 heavy (non-hydrogen) atoms. The number of hydrogen-bond donors (Lipinski definition) is 1. The van der Waals surface area contributed by atoms with Gasteiger partial charge < -0.3 is 5.11 Å². The third-order valence-electron chi connectivity index (χ3n) is 5.83. The van der Waals surface area contributed by atoms with E-state index in [2.05, 4.69) is 4.98 Å². The Bertz CT molecular complexity index is 1430. The topological polar surface area (TPSA) is 55.1 Å². The molecule has 0 radical (unpaired) electrons. The van der Waals surface area contributed by atoms with Gasteiger partial charge >= 0.3 is 5.97 Å². The number of nitrogens with zero attached hydrogens (tertiary/aromatic N) is 2. The fourth-order valence-electron chi connectivity index (χ4n) is 3.75. The fraction of sp³-hybridized carbons (Fsp3) is 0.154. The molecule has 4 nitrogen and oxygen atoms in total. The lowest BCUT2D eigenvalue weighted by Gasteiger charge is -2.27. The maximum atomic E-state index is 14.5. The van der Waals surface area contributed by atoms with Crippen LogP contribution in [0.5, 0.6) is 0 Å². The monoisotopic (exact) mass is 518 g/mol. The van der Waals surface area contributed by atoms with Crippen molar-refractivity contribution in [3.63, 3.8) is 0 Å². The van der Waals surface area contributed by atoms with Gasteiger partial charge in [-0.25, -0.2) is 31.7 Å². The second kappa shape index (κ2) is 9.77. The Morgan fingerprint density at radius 1 is 0.917 bits per heavy atom. The summed E-state index contributed by atoms with van der Waals surface area (Å²) in [6.07, 6.45) is 1.51. The maximum Gasteiger partial charge on any atom is 0.335 e. The van der Waals surface area contributed by atoms with Crippen molar-refractivity contribution in [1.29, 1.82) is 0 Å². The molecule has 1 heterocycles. The Balaban J connectivity index is 1.77. The van der Waals surface area contributed by atoms with Crippen LogP contribution < -0.4 is 0 Å². The highest BCUT2D eigenvalue weighted by Crippen LogP contribution is 2.37. The molecule has 0 aliphatic rings. The Hall–Kier alpha value is -3.66. The van der Waals surface area contributed by atoms with Crippen molar-refractivity contribution >= 4 is 17.7 Å². The van der Waals surface area contributed by atoms with E-state index in [0.29, 0.717) is 22.1 Å². The number of benzene rings is 3. The van der Waals surface area contributed by atoms with Crippen molar-refractivity contribution in [3.05, 3.63) is 112 Å². The van der Waals surface area contributed by atoms with Crippen LogP contribution in [0.1, 0.15) is 41.0 Å². The highest BCUT2D eigenvalue weighted by Gasteiger charge is 2.30. The highest BCUT2D eigenvalue weighted by atomic mass is 32.2. The summed E-state index contributed by atoms with van der Waals surface area (Å²) in [5.74, 6) is -6.18. The Morgan fingerprint density at radius 2 is 1.56 bits per heavy atom. The molecule has 4 aromatic rings. The predicted octanol–water partition coefficient (Wildman–Crippen LogP) is 6.88. The normalized spacial score (nSPS) is 11.6. The van der Waals surface area contributed by atoms with E-state index in [1.54, 1.807) is 18.4 Å². The number of carboxylic acids is 1. The van der Waals surface area contributed by atoms with E-state index in [1.165, 1.54) is 36.5 Å². The van der Waals surface area contributed by atoms with E-state index in [-0.39, 0.29) is 11.3 Å². The molecule has 0 fully saturated rings. The molecule has 1 N–H and O–H groups in total. The van der Waals surface area contributed by atoms with Crippen molar-refractivity contribution in [2.75, 3.05) is 0 Å². The summed E-state index contributed by atoms with van der Waals surface area (Å²) in [7, 11) is 0. The second-order valence-corrected chi connectivity index (χ2v) is 9.45. The van der Waals surface area contributed by atoms with Crippen molar-refractivity contribution in [3.8, 4) is 5.69 Å². The average Bonchev–Trinajstić information content (AvgIpc) is 3.25. The quantitative estimate of drug-likeness (QED) is 0.214. The van der Waals surface area contributed by atoms with E-state index in [4.69, 9.17) is 5.11 Å². The molecule has 3 aromatic carbocycles. The van der Waals surface area contributed by atoms with Crippen LogP contribution in [0.15, 0.2) is 66.0 Å². The van der Waals surface area contributed by atoms with E-state index in [9.17, 15) is 26.7 Å². The minimum Gasteiger partial charge on any atom is -0.478 e. The Kier molecular flexibility index (Phi) is 6.90. The molecule has 1 aromatic heterocycles.